The number of nitrogens with one attached hydrogen (secondary N) is 1. The van der Waals surface area contributed by atoms with Crippen LogP contribution < -0.4 is 5.32 Å². The molecule has 0 aliphatic rings. The van der Waals surface area contributed by atoms with Crippen LogP contribution in [-0.2, 0) is 4.79 Å². The van der Waals surface area contributed by atoms with Crippen LogP contribution in [0.2, 0.25) is 0 Å². The van der Waals surface area contributed by atoms with Gasteiger partial charge in [0.1, 0.15) is 0 Å². The summed E-state index contributed by atoms with van der Waals surface area (Å²) in [6.45, 7) is 3.90. The number of carbonyl (C=O) groups excluding carboxylic acids is 1. The molecule has 0 saturated carbocycles. The van der Waals surface area contributed by atoms with E-state index >= 15 is 0 Å². The molecule has 0 fully saturated rings. The second-order valence-electron chi connectivity index (χ2n) is 5.46. The Morgan fingerprint density at radius 1 is 1.09 bits per heavy atom. The van der Waals surface area contributed by atoms with E-state index in [1.54, 1.807) is 0 Å². The SMILES string of the molecule is Cc1cccc(NC(=O)[C@@H](C)Sc2ccc3ccccc3n2)c1. The van der Waals surface area contributed by atoms with E-state index in [0.717, 1.165) is 27.2 Å². The number of fused-ring (bicyclic) bond motifs is 1. The Labute approximate surface area is 140 Å². The minimum atomic E-state index is -0.218. The lowest BCUT2D eigenvalue weighted by atomic mass is 10.2. The van der Waals surface area contributed by atoms with Gasteiger partial charge in [0.05, 0.1) is 15.8 Å². The van der Waals surface area contributed by atoms with Crippen molar-refractivity contribution in [1.82, 2.24) is 4.98 Å². The summed E-state index contributed by atoms with van der Waals surface area (Å²) in [6, 6.07) is 19.8. The van der Waals surface area contributed by atoms with Crippen molar-refractivity contribution >= 4 is 34.3 Å². The lowest BCUT2D eigenvalue weighted by Crippen LogP contribution is -2.22. The molecule has 0 spiro atoms. The Kier molecular flexibility index (Phi) is 4.63. The summed E-state index contributed by atoms with van der Waals surface area (Å²) in [5.41, 5.74) is 2.90. The zero-order valence-corrected chi connectivity index (χ0v) is 13.9. The Morgan fingerprint density at radius 2 is 1.91 bits per heavy atom. The van der Waals surface area contributed by atoms with Gasteiger partial charge in [-0.2, -0.15) is 0 Å². The van der Waals surface area contributed by atoms with Gasteiger partial charge in [0, 0.05) is 11.1 Å². The standard InChI is InChI=1S/C19H18N2OS/c1-13-6-5-8-16(12-13)20-19(22)14(2)23-18-11-10-15-7-3-4-9-17(15)21-18/h3-12,14H,1-2H3,(H,20,22)/t14-/m1/s1. The third-order valence-electron chi connectivity index (χ3n) is 3.53. The molecule has 116 valence electrons. The van der Waals surface area contributed by atoms with Crippen molar-refractivity contribution in [3.8, 4) is 0 Å². The van der Waals surface area contributed by atoms with E-state index in [9.17, 15) is 4.79 Å². The quantitative estimate of drug-likeness (QED) is 0.710. The Bertz CT molecular complexity index is 847. The second kappa shape index (κ2) is 6.84. The first-order chi connectivity index (χ1) is 11.1. The van der Waals surface area contributed by atoms with Crippen molar-refractivity contribution in [3.63, 3.8) is 0 Å². The molecule has 1 aromatic heterocycles. The minimum Gasteiger partial charge on any atom is -0.325 e. The Hall–Kier alpha value is -2.33. The van der Waals surface area contributed by atoms with Gasteiger partial charge >= 0.3 is 0 Å². The van der Waals surface area contributed by atoms with Crippen LogP contribution in [0, 0.1) is 6.92 Å². The molecule has 1 atom stereocenters. The first-order valence-corrected chi connectivity index (χ1v) is 8.40. The number of hydrogen-bond donors (Lipinski definition) is 1. The van der Waals surface area contributed by atoms with Crippen LogP contribution >= 0.6 is 11.8 Å². The van der Waals surface area contributed by atoms with Crippen molar-refractivity contribution in [2.75, 3.05) is 5.32 Å². The predicted molar refractivity (Wildman–Crippen MR) is 96.9 cm³/mol. The number of carbonyl (C=O) groups is 1. The van der Waals surface area contributed by atoms with Crippen molar-refractivity contribution in [1.29, 1.82) is 0 Å². The number of para-hydroxylation sites is 1. The fourth-order valence-corrected chi connectivity index (χ4v) is 3.14. The molecule has 0 aliphatic heterocycles. The molecule has 1 heterocycles. The number of benzene rings is 2. The topological polar surface area (TPSA) is 42.0 Å². The van der Waals surface area contributed by atoms with E-state index < -0.39 is 0 Å². The van der Waals surface area contributed by atoms with E-state index in [2.05, 4.69) is 10.3 Å². The first kappa shape index (κ1) is 15.6. The third-order valence-corrected chi connectivity index (χ3v) is 4.56. The fourth-order valence-electron chi connectivity index (χ4n) is 2.31. The lowest BCUT2D eigenvalue weighted by molar-refractivity contribution is -0.115. The van der Waals surface area contributed by atoms with E-state index in [0.29, 0.717) is 0 Å². The molecule has 1 amide bonds. The number of rotatable bonds is 4. The number of nitrogens with zero attached hydrogens (tertiary/aromatic N) is 1. The number of aryl methyl sites for hydroxylation is 1. The molecule has 3 rings (SSSR count). The summed E-state index contributed by atoms with van der Waals surface area (Å²) in [5.74, 6) is -0.0180. The van der Waals surface area contributed by atoms with Crippen LogP contribution in [0.15, 0.2) is 65.7 Å². The predicted octanol–water partition coefficient (Wildman–Crippen LogP) is 4.66. The van der Waals surface area contributed by atoms with Crippen LogP contribution in [0.1, 0.15) is 12.5 Å². The zero-order chi connectivity index (χ0) is 16.2. The number of hydrogen-bond acceptors (Lipinski definition) is 3. The summed E-state index contributed by atoms with van der Waals surface area (Å²) in [4.78, 5) is 16.9. The van der Waals surface area contributed by atoms with Crippen LogP contribution in [0.3, 0.4) is 0 Å². The molecule has 1 N–H and O–H groups in total. The van der Waals surface area contributed by atoms with Gasteiger partial charge in [0.2, 0.25) is 5.91 Å². The van der Waals surface area contributed by atoms with Gasteiger partial charge in [0.25, 0.3) is 0 Å². The van der Waals surface area contributed by atoms with Crippen molar-refractivity contribution in [3.05, 3.63) is 66.2 Å². The molecule has 3 aromatic rings. The molecule has 4 heteroatoms. The Balaban J connectivity index is 1.69. The maximum Gasteiger partial charge on any atom is 0.237 e. The molecule has 3 nitrogen and oxygen atoms in total. The molecule has 0 bridgehead atoms. The number of amides is 1. The van der Waals surface area contributed by atoms with Gasteiger partial charge in [-0.3, -0.25) is 4.79 Å². The van der Waals surface area contributed by atoms with Gasteiger partial charge < -0.3 is 5.32 Å². The molecule has 0 unspecified atom stereocenters. The van der Waals surface area contributed by atoms with Gasteiger partial charge in [0.15, 0.2) is 0 Å². The average molecular weight is 322 g/mol. The minimum absolute atomic E-state index is 0.0180. The van der Waals surface area contributed by atoms with Gasteiger partial charge in [-0.15, -0.1) is 0 Å². The fraction of sp³-hybridized carbons (Fsp3) is 0.158. The maximum atomic E-state index is 12.3. The van der Waals surface area contributed by atoms with E-state index in [-0.39, 0.29) is 11.2 Å². The normalized spacial score (nSPS) is 12.1. The summed E-state index contributed by atoms with van der Waals surface area (Å²) in [6.07, 6.45) is 0. The van der Waals surface area contributed by atoms with E-state index in [1.807, 2.05) is 74.5 Å². The van der Waals surface area contributed by atoms with Gasteiger partial charge in [-0.1, -0.05) is 48.2 Å². The summed E-state index contributed by atoms with van der Waals surface area (Å²) >= 11 is 1.47. The largest absolute Gasteiger partial charge is 0.325 e. The van der Waals surface area contributed by atoms with Gasteiger partial charge in [-0.05, 0) is 43.7 Å². The van der Waals surface area contributed by atoms with Crippen LogP contribution in [0.5, 0.6) is 0 Å². The highest BCUT2D eigenvalue weighted by Gasteiger charge is 2.15. The van der Waals surface area contributed by atoms with Crippen LogP contribution in [0.4, 0.5) is 5.69 Å². The monoisotopic (exact) mass is 322 g/mol. The Morgan fingerprint density at radius 3 is 2.74 bits per heavy atom. The highest BCUT2D eigenvalue weighted by Crippen LogP contribution is 2.25. The van der Waals surface area contributed by atoms with E-state index in [1.165, 1.54) is 11.8 Å². The second-order valence-corrected chi connectivity index (χ2v) is 6.82. The number of pyridine rings is 1. The molecule has 2 aromatic carbocycles. The molecule has 0 saturated heterocycles. The molecular weight excluding hydrogens is 304 g/mol. The van der Waals surface area contributed by atoms with Crippen molar-refractivity contribution in [2.24, 2.45) is 0 Å². The summed E-state index contributed by atoms with van der Waals surface area (Å²) in [5, 5.41) is 4.70. The number of thioether (sulfide) groups is 1. The van der Waals surface area contributed by atoms with E-state index in [4.69, 9.17) is 0 Å². The highest BCUT2D eigenvalue weighted by atomic mass is 32.2. The number of aromatic nitrogens is 1. The number of anilines is 1. The molecule has 0 aliphatic carbocycles. The zero-order valence-electron chi connectivity index (χ0n) is 13.1. The first-order valence-electron chi connectivity index (χ1n) is 7.52. The van der Waals surface area contributed by atoms with Crippen molar-refractivity contribution < 1.29 is 4.79 Å². The van der Waals surface area contributed by atoms with Crippen LogP contribution in [0.25, 0.3) is 10.9 Å². The summed E-state index contributed by atoms with van der Waals surface area (Å²) in [7, 11) is 0. The average Bonchev–Trinajstić information content (AvgIpc) is 2.54. The van der Waals surface area contributed by atoms with Crippen molar-refractivity contribution in [2.45, 2.75) is 24.1 Å². The van der Waals surface area contributed by atoms with Gasteiger partial charge in [-0.25, -0.2) is 4.98 Å². The smallest absolute Gasteiger partial charge is 0.237 e. The molecule has 0 radical (unpaired) electrons. The third kappa shape index (κ3) is 3.90. The lowest BCUT2D eigenvalue weighted by Gasteiger charge is -2.12. The maximum absolute atomic E-state index is 12.3. The van der Waals surface area contributed by atoms with Crippen LogP contribution in [-0.4, -0.2) is 16.1 Å². The molecule has 23 heavy (non-hydrogen) atoms. The highest BCUT2D eigenvalue weighted by molar-refractivity contribution is 8.00. The molecular formula is C19H18N2OS. The summed E-state index contributed by atoms with van der Waals surface area (Å²) < 4.78 is 0.